The lowest BCUT2D eigenvalue weighted by molar-refractivity contribution is -0.136. The molecule has 0 aromatic heterocycles. The molecule has 0 heterocycles. The summed E-state index contributed by atoms with van der Waals surface area (Å²) >= 11 is 3.34. The third-order valence-corrected chi connectivity index (χ3v) is 3.59. The molecule has 0 aliphatic rings. The van der Waals surface area contributed by atoms with Crippen LogP contribution in [0.15, 0.2) is 59.1 Å². The van der Waals surface area contributed by atoms with Crippen LogP contribution in [0.5, 0.6) is 0 Å². The highest BCUT2D eigenvalue weighted by molar-refractivity contribution is 9.10. The average Bonchev–Trinajstić information content (AvgIpc) is 2.54. The molecule has 23 heavy (non-hydrogen) atoms. The predicted octanol–water partition coefficient (Wildman–Crippen LogP) is 4.07. The molecule has 0 atom stereocenters. The molecule has 0 aliphatic heterocycles. The molecular formula is C17H16BrNO4. The molecule has 1 amide bonds. The molecule has 2 aromatic rings. The van der Waals surface area contributed by atoms with Crippen molar-refractivity contribution >= 4 is 33.7 Å². The molecule has 5 nitrogen and oxygen atoms in total. The second-order valence-electron chi connectivity index (χ2n) is 4.82. The summed E-state index contributed by atoms with van der Waals surface area (Å²) in [6.07, 6.45) is -0.736. The van der Waals surface area contributed by atoms with Crippen LogP contribution in [0.1, 0.15) is 12.0 Å². The van der Waals surface area contributed by atoms with Gasteiger partial charge in [-0.05, 0) is 23.8 Å². The highest BCUT2D eigenvalue weighted by Crippen LogP contribution is 2.21. The maximum absolute atomic E-state index is 12.3. The van der Waals surface area contributed by atoms with E-state index in [0.29, 0.717) is 5.69 Å². The number of rotatable bonds is 6. The Morgan fingerprint density at radius 2 is 1.83 bits per heavy atom. The van der Waals surface area contributed by atoms with Gasteiger partial charge in [0.15, 0.2) is 0 Å². The van der Waals surface area contributed by atoms with E-state index in [1.54, 1.807) is 18.2 Å². The smallest absolute Gasteiger partial charge is 0.414 e. The highest BCUT2D eigenvalue weighted by atomic mass is 79.9. The Kier molecular flexibility index (Phi) is 6.17. The number of nitrogens with zero attached hydrogens (tertiary/aromatic N) is 1. The fraction of sp³-hybridized carbons (Fsp3) is 0.176. The monoisotopic (exact) mass is 377 g/mol. The molecule has 0 radical (unpaired) electrons. The Balaban J connectivity index is 2.09. The van der Waals surface area contributed by atoms with Gasteiger partial charge in [-0.15, -0.1) is 0 Å². The summed E-state index contributed by atoms with van der Waals surface area (Å²) in [5.41, 5.74) is 1.45. The number of hydrogen-bond donors (Lipinski definition) is 1. The molecule has 1 N–H and O–H groups in total. The number of carbonyl (C=O) groups is 2. The van der Waals surface area contributed by atoms with Gasteiger partial charge < -0.3 is 9.84 Å². The molecule has 0 unspecified atom stereocenters. The number of benzene rings is 2. The maximum Gasteiger partial charge on any atom is 0.414 e. The largest absolute Gasteiger partial charge is 0.481 e. The number of anilines is 1. The summed E-state index contributed by atoms with van der Waals surface area (Å²) in [5.74, 6) is -0.971. The van der Waals surface area contributed by atoms with Gasteiger partial charge in [-0.2, -0.15) is 0 Å². The van der Waals surface area contributed by atoms with Crippen molar-refractivity contribution in [3.63, 3.8) is 0 Å². The van der Waals surface area contributed by atoms with Crippen LogP contribution in [0, 0.1) is 0 Å². The van der Waals surface area contributed by atoms with Crippen LogP contribution >= 0.6 is 15.9 Å². The number of ether oxygens (including phenoxy) is 1. The van der Waals surface area contributed by atoms with Crippen LogP contribution in [0.3, 0.4) is 0 Å². The summed E-state index contributed by atoms with van der Waals surface area (Å²) in [7, 11) is 0. The Labute approximate surface area is 142 Å². The van der Waals surface area contributed by atoms with Gasteiger partial charge in [0.2, 0.25) is 0 Å². The first-order valence-corrected chi connectivity index (χ1v) is 7.81. The average molecular weight is 378 g/mol. The van der Waals surface area contributed by atoms with Crippen molar-refractivity contribution < 1.29 is 19.4 Å². The molecular weight excluding hydrogens is 362 g/mol. The van der Waals surface area contributed by atoms with Gasteiger partial charge in [0, 0.05) is 16.7 Å². The fourth-order valence-electron chi connectivity index (χ4n) is 1.97. The topological polar surface area (TPSA) is 66.8 Å². The van der Waals surface area contributed by atoms with E-state index in [1.807, 2.05) is 36.4 Å². The predicted molar refractivity (Wildman–Crippen MR) is 90.4 cm³/mol. The Bertz CT molecular complexity index is 675. The highest BCUT2D eigenvalue weighted by Gasteiger charge is 2.18. The molecule has 2 rings (SSSR count). The van der Waals surface area contributed by atoms with Crippen LogP contribution in [0.2, 0.25) is 0 Å². The van der Waals surface area contributed by atoms with Crippen molar-refractivity contribution in [1.29, 1.82) is 0 Å². The Morgan fingerprint density at radius 1 is 1.09 bits per heavy atom. The van der Waals surface area contributed by atoms with Crippen LogP contribution in [0.4, 0.5) is 10.5 Å². The van der Waals surface area contributed by atoms with Crippen LogP contribution in [-0.2, 0) is 16.1 Å². The van der Waals surface area contributed by atoms with Gasteiger partial charge in [0.05, 0.1) is 6.42 Å². The first-order valence-electron chi connectivity index (χ1n) is 7.02. The SMILES string of the molecule is O=C(O)CCN(C(=O)OCc1ccccc1)c1cccc(Br)c1. The molecule has 0 bridgehead atoms. The van der Waals surface area contributed by atoms with Crippen LogP contribution in [0.25, 0.3) is 0 Å². The van der Waals surface area contributed by atoms with E-state index >= 15 is 0 Å². The zero-order valence-electron chi connectivity index (χ0n) is 12.3. The molecule has 0 fully saturated rings. The zero-order valence-corrected chi connectivity index (χ0v) is 13.9. The van der Waals surface area contributed by atoms with Crippen molar-refractivity contribution in [1.82, 2.24) is 0 Å². The van der Waals surface area contributed by atoms with E-state index in [9.17, 15) is 9.59 Å². The first kappa shape index (κ1) is 17.0. The van der Waals surface area contributed by atoms with Gasteiger partial charge >= 0.3 is 12.1 Å². The van der Waals surface area contributed by atoms with Crippen molar-refractivity contribution in [2.75, 3.05) is 11.4 Å². The summed E-state index contributed by atoms with van der Waals surface area (Å²) < 4.78 is 6.09. The number of aliphatic carboxylic acids is 1. The van der Waals surface area contributed by atoms with Crippen molar-refractivity contribution in [2.24, 2.45) is 0 Å². The molecule has 120 valence electrons. The summed E-state index contributed by atoms with van der Waals surface area (Å²) in [5, 5.41) is 8.87. The van der Waals surface area contributed by atoms with E-state index in [1.165, 1.54) is 4.90 Å². The van der Waals surface area contributed by atoms with E-state index in [-0.39, 0.29) is 19.6 Å². The number of amides is 1. The minimum Gasteiger partial charge on any atom is -0.481 e. The van der Waals surface area contributed by atoms with Crippen LogP contribution in [-0.4, -0.2) is 23.7 Å². The molecule has 6 heteroatoms. The molecule has 0 saturated heterocycles. The molecule has 2 aromatic carbocycles. The van der Waals surface area contributed by atoms with Gasteiger partial charge in [-0.1, -0.05) is 52.3 Å². The number of carboxylic acids is 1. The number of carbonyl (C=O) groups excluding carboxylic acids is 1. The molecule has 0 saturated carbocycles. The van der Waals surface area contributed by atoms with E-state index < -0.39 is 12.1 Å². The quantitative estimate of drug-likeness (QED) is 0.823. The third-order valence-electron chi connectivity index (χ3n) is 3.09. The van der Waals surface area contributed by atoms with Gasteiger partial charge in [-0.25, -0.2) is 4.79 Å². The Morgan fingerprint density at radius 3 is 2.48 bits per heavy atom. The number of carboxylic acid groups (broad SMARTS) is 1. The van der Waals surface area contributed by atoms with E-state index in [0.717, 1.165) is 10.0 Å². The summed E-state index contributed by atoms with van der Waals surface area (Å²) in [6.45, 7) is 0.177. The maximum atomic E-state index is 12.3. The standard InChI is InChI=1S/C17H16BrNO4/c18-14-7-4-8-15(11-14)19(10-9-16(20)21)17(22)23-12-13-5-2-1-3-6-13/h1-8,11H,9-10,12H2,(H,20,21). The third kappa shape index (κ3) is 5.41. The van der Waals surface area contributed by atoms with Gasteiger partial charge in [-0.3, -0.25) is 9.69 Å². The van der Waals surface area contributed by atoms with Gasteiger partial charge in [0.1, 0.15) is 6.61 Å². The number of hydrogen-bond acceptors (Lipinski definition) is 3. The van der Waals surface area contributed by atoms with Gasteiger partial charge in [0.25, 0.3) is 0 Å². The van der Waals surface area contributed by atoms with Crippen molar-refractivity contribution in [3.8, 4) is 0 Å². The number of halogens is 1. The second-order valence-corrected chi connectivity index (χ2v) is 5.73. The first-order chi connectivity index (χ1) is 11.1. The van der Waals surface area contributed by atoms with Crippen LogP contribution < -0.4 is 4.90 Å². The van der Waals surface area contributed by atoms with E-state index in [4.69, 9.17) is 9.84 Å². The minimum atomic E-state index is -0.971. The fourth-order valence-corrected chi connectivity index (χ4v) is 2.36. The lowest BCUT2D eigenvalue weighted by atomic mass is 10.2. The lowest BCUT2D eigenvalue weighted by Crippen LogP contribution is -2.33. The summed E-state index contributed by atoms with van der Waals surface area (Å²) in [6, 6.07) is 16.4. The van der Waals surface area contributed by atoms with E-state index in [2.05, 4.69) is 15.9 Å². The zero-order chi connectivity index (χ0) is 16.7. The minimum absolute atomic E-state index is 0.0411. The van der Waals surface area contributed by atoms with Crippen molar-refractivity contribution in [3.05, 3.63) is 64.6 Å². The molecule has 0 aliphatic carbocycles. The lowest BCUT2D eigenvalue weighted by Gasteiger charge is -2.21. The van der Waals surface area contributed by atoms with Crippen molar-refractivity contribution in [2.45, 2.75) is 13.0 Å². The Hall–Kier alpha value is -2.34. The molecule has 0 spiro atoms. The normalized spacial score (nSPS) is 10.1. The second kappa shape index (κ2) is 8.33. The summed E-state index contributed by atoms with van der Waals surface area (Å²) in [4.78, 5) is 24.5.